The molecule has 1 unspecified atom stereocenters. The highest BCUT2D eigenvalue weighted by Crippen LogP contribution is 2.30. The number of nitrogens with zero attached hydrogens (tertiary/aromatic N) is 11. The molecule has 0 aromatic heterocycles. The number of ether oxygens (including phenoxy) is 13. The molecule has 0 aromatic carbocycles. The Morgan fingerprint density at radius 3 is 0.816 bits per heavy atom. The number of hydrogen-bond donors (Lipinski definition) is 5. The minimum absolute atomic E-state index is 0.180. The Balaban J connectivity index is 0.000000733. The van der Waals surface area contributed by atoms with Crippen molar-refractivity contribution in [1.82, 2.24) is 80.1 Å². The van der Waals surface area contributed by atoms with E-state index in [4.69, 9.17) is 61.6 Å². The number of carbonyl (C=O) groups excluding carboxylic acids is 1. The Morgan fingerprint density at radius 1 is 0.309 bits per heavy atom. The summed E-state index contributed by atoms with van der Waals surface area (Å²) in [7, 11) is 47.6. The monoisotopic (exact) mass is 1970 g/mol. The lowest BCUT2D eigenvalue weighted by molar-refractivity contribution is -0.131. The van der Waals surface area contributed by atoms with E-state index in [1.165, 1.54) is 250 Å². The van der Waals surface area contributed by atoms with E-state index in [9.17, 15) is 13.2 Å². The third kappa shape index (κ3) is 64.3. The van der Waals surface area contributed by atoms with Gasteiger partial charge in [0.15, 0.2) is 0 Å². The van der Waals surface area contributed by atoms with E-state index < -0.39 is 10.0 Å². The van der Waals surface area contributed by atoms with Gasteiger partial charge in [-0.1, -0.05) is 6.92 Å². The molecule has 0 radical (unpaired) electrons. The third-order valence-electron chi connectivity index (χ3n) is 30.2. The zero-order valence-corrected chi connectivity index (χ0v) is 94.0. The Labute approximate surface area is 835 Å². The van der Waals surface area contributed by atoms with E-state index in [1.54, 1.807) is 70.9 Å². The van der Waals surface area contributed by atoms with Crippen LogP contribution in [0.5, 0.6) is 0 Å². The molecule has 136 heavy (non-hydrogen) atoms. The summed E-state index contributed by atoms with van der Waals surface area (Å²) in [5.41, 5.74) is 3.13. The molecule has 5 N–H and O–H groups in total. The van der Waals surface area contributed by atoms with Crippen LogP contribution in [0, 0.1) is 5.92 Å². The third-order valence-corrected chi connectivity index (χ3v) is 31.5. The summed E-state index contributed by atoms with van der Waals surface area (Å²) in [6.07, 6.45) is 46.7. The highest BCUT2D eigenvalue weighted by atomic mass is 32.2. The first kappa shape index (κ1) is 132. The summed E-state index contributed by atoms with van der Waals surface area (Å²) in [6, 6.07) is 3.06. The lowest BCUT2D eigenvalue weighted by atomic mass is 9.82. The highest BCUT2D eigenvalue weighted by molar-refractivity contribution is 7.88. The van der Waals surface area contributed by atoms with Crippen molar-refractivity contribution in [2.75, 3.05) is 334 Å². The number of likely N-dealkylation sites (N-methyl/N-ethyl adjacent to an activating group) is 3. The van der Waals surface area contributed by atoms with E-state index in [0.29, 0.717) is 86.3 Å². The molecular weight excluding hydrogens is 1750 g/mol. The first-order chi connectivity index (χ1) is 65.3. The van der Waals surface area contributed by atoms with Crippen molar-refractivity contribution in [3.05, 3.63) is 0 Å². The zero-order chi connectivity index (χ0) is 101. The Hall–Kier alpha value is -1.70. The van der Waals surface area contributed by atoms with Crippen molar-refractivity contribution >= 4 is 15.9 Å². The normalized spacial score (nSPS) is 27.8. The summed E-state index contributed by atoms with van der Waals surface area (Å²) >= 11 is 0. The Kier molecular flexibility index (Phi) is 81.1. The van der Waals surface area contributed by atoms with Crippen LogP contribution in [0.1, 0.15) is 226 Å². The first-order valence-corrected chi connectivity index (χ1v) is 54.8. The molecule has 0 bridgehead atoms. The van der Waals surface area contributed by atoms with Gasteiger partial charge in [0.25, 0.3) is 0 Å². The lowest BCUT2D eigenvalue weighted by Crippen LogP contribution is -2.43. The standard InChI is InChI=1S/C9H19NO.C8H15NO2.3C8H17NO.C8H16O2.C7H16N2O.C7H16N2.C7H15NO3S.3C7H15NO.C6H14N2.C6H13NO/c1-10(2)8-4-6-9(11-3)7-5-8;1-7(10)9-5-3-8(11-2)4-6-9;2*1-9-7-3-5-8(10-2)6-4-7;1-3-9-6-4-8(10-2)5-7-9;1-9-7-3-5-8(10-2)6-4-7;1-8-9-5-3-7(10-2)4-6-9;1-8-7-3-5-9(2)6-4-7;1-11-7-3-5-8(6-4-7)12(2,9)10;1-8-5-6-3-7(4-6)9-2;2*1-8-5-3-7(9-2)4-6-8;1-7-3-5-8(2)6-4-7;1-7-4-3-6(5-7)8-2/h8-9H,4-7H2,1-3H3;8H,3-6H2,1-2H3;2*7-9H,3-6H2,1-2H3;8H,3-7H2,1-2H3;2*7-8H,3-6H2,1-2H3;7-8H,3-6H2,1-2H3;7H,3-6H2,1-2H3;6-8H,3-5H2,1-2H3;2*7H,3-6H2,1-2H3;3-6H2,1-2H3;6H,3-5H2,1-2H3. The molecule has 9 heterocycles. The van der Waals surface area contributed by atoms with Gasteiger partial charge >= 0.3 is 0 Å². The number of nitrogens with one attached hydrogen (secondary N) is 5. The largest absolute Gasteiger partial charge is 0.381 e. The molecule has 5 aliphatic carbocycles. The summed E-state index contributed by atoms with van der Waals surface area (Å²) in [4.78, 5) is 31.6. The fourth-order valence-electron chi connectivity index (χ4n) is 19.1. The SMILES string of the molecule is CCN1CCC(OC)CC1.CN1CCN(C)CC1.CNC1CCC(OC)CC1.CNC1CCC(OC)CC1.CNC1CCN(C)CC1.CNCC1CC(OC)C1.CNN1CCC(OC)CC1.COC1CCC(N(C)C)CC1.COC1CCC(OC)CC1.COC1CCN(C(C)=O)CC1.COC1CCN(C)C1.COC1CCN(C)CC1.COC1CCN(C)CC1.COC1CCN(S(C)(=O)=O)CC1. The second-order valence-electron chi connectivity index (χ2n) is 40.2. The van der Waals surface area contributed by atoms with Crippen molar-refractivity contribution in [2.45, 2.75) is 329 Å². The van der Waals surface area contributed by atoms with Gasteiger partial charge in [0.1, 0.15) is 0 Å². The number of carbonyl (C=O) groups is 1. The van der Waals surface area contributed by atoms with Gasteiger partial charge in [-0.2, -0.15) is 0 Å². The van der Waals surface area contributed by atoms with E-state index in [-0.39, 0.29) is 12.0 Å². The fourth-order valence-corrected chi connectivity index (χ4v) is 20.0. The van der Waals surface area contributed by atoms with Gasteiger partial charge in [-0.15, -0.1) is 0 Å². The second kappa shape index (κ2) is 83.4. The van der Waals surface area contributed by atoms with E-state index >= 15 is 0 Å². The molecule has 14 fully saturated rings. The predicted octanol–water partition coefficient (Wildman–Crippen LogP) is 10.1. The van der Waals surface area contributed by atoms with Gasteiger partial charge in [0.2, 0.25) is 15.9 Å². The Bertz CT molecular complexity index is 2460. The van der Waals surface area contributed by atoms with Gasteiger partial charge in [0, 0.05) is 241 Å². The van der Waals surface area contributed by atoms with Gasteiger partial charge in [-0.25, -0.2) is 17.7 Å². The van der Waals surface area contributed by atoms with Crippen LogP contribution in [0.15, 0.2) is 0 Å². The summed E-state index contributed by atoms with van der Waals surface area (Å²) < 4.78 is 91.4. The smallest absolute Gasteiger partial charge is 0.219 e. The number of methoxy groups -OCH3 is 13. The van der Waals surface area contributed by atoms with Gasteiger partial charge in [0.05, 0.1) is 85.6 Å². The molecular formula is C103H220N16O16S. The van der Waals surface area contributed by atoms with Crippen LogP contribution in [0.4, 0.5) is 0 Å². The van der Waals surface area contributed by atoms with Gasteiger partial charge in [-0.3, -0.25) is 10.2 Å². The second-order valence-corrected chi connectivity index (χ2v) is 42.1. The maximum atomic E-state index is 11.1. The minimum Gasteiger partial charge on any atom is -0.381 e. The van der Waals surface area contributed by atoms with Crippen molar-refractivity contribution in [1.29, 1.82) is 0 Å². The van der Waals surface area contributed by atoms with E-state index in [1.807, 2.05) is 61.5 Å². The predicted molar refractivity (Wildman–Crippen MR) is 563 cm³/mol. The quantitative estimate of drug-likeness (QED) is 0.0674. The van der Waals surface area contributed by atoms with Crippen molar-refractivity contribution < 1.29 is 74.8 Å². The molecule has 5 saturated carbocycles. The molecule has 14 aliphatic rings. The maximum absolute atomic E-state index is 11.1. The number of amides is 1. The number of likely N-dealkylation sites (tertiary alicyclic amines) is 6. The topological polar surface area (TPSA) is 267 Å². The molecule has 0 spiro atoms. The van der Waals surface area contributed by atoms with Crippen molar-refractivity contribution in [3.8, 4) is 0 Å². The average Bonchev–Trinajstić information content (AvgIpc) is 1.65. The van der Waals surface area contributed by atoms with Gasteiger partial charge in [-0.05, 0) is 336 Å². The van der Waals surface area contributed by atoms with Crippen LogP contribution in [-0.4, -0.2) is 506 Å². The molecule has 1 atom stereocenters. The van der Waals surface area contributed by atoms with Crippen LogP contribution >= 0.6 is 0 Å². The van der Waals surface area contributed by atoms with Crippen LogP contribution in [-0.2, 0) is 76.4 Å². The maximum Gasteiger partial charge on any atom is 0.219 e. The number of hydrazine groups is 1. The number of piperazine rings is 1. The Morgan fingerprint density at radius 2 is 0.559 bits per heavy atom. The number of hydrogen-bond acceptors (Lipinski definition) is 30. The molecule has 0 aromatic rings. The molecule has 9 saturated heterocycles. The van der Waals surface area contributed by atoms with Crippen LogP contribution in [0.25, 0.3) is 0 Å². The summed E-state index contributed by atoms with van der Waals surface area (Å²) in [5.74, 6) is 1.06. The molecule has 814 valence electrons. The molecule has 9 aliphatic heterocycles. The van der Waals surface area contributed by atoms with Crippen molar-refractivity contribution in [2.24, 2.45) is 5.92 Å². The summed E-state index contributed by atoms with van der Waals surface area (Å²) in [5, 5.41) is 15.3. The van der Waals surface area contributed by atoms with Gasteiger partial charge < -0.3 is 127 Å². The van der Waals surface area contributed by atoms with Crippen molar-refractivity contribution in [3.63, 3.8) is 0 Å². The molecule has 1 amide bonds. The van der Waals surface area contributed by atoms with Crippen LogP contribution in [0.2, 0.25) is 0 Å². The molecule has 33 heteroatoms. The van der Waals surface area contributed by atoms with Crippen LogP contribution < -0.4 is 26.7 Å². The number of rotatable bonds is 22. The minimum atomic E-state index is -2.98. The number of sulfonamides is 1. The van der Waals surface area contributed by atoms with E-state index in [2.05, 4.69) is 141 Å². The molecule has 14 rings (SSSR count). The highest BCUT2D eigenvalue weighted by Gasteiger charge is 2.30. The molecule has 32 nitrogen and oxygen atoms in total. The summed E-state index contributed by atoms with van der Waals surface area (Å²) in [6.45, 7) is 28.2. The fraction of sp³-hybridized carbons (Fsp3) is 0.990. The average molecular weight is 1970 g/mol. The number of piperidine rings is 7. The zero-order valence-electron chi connectivity index (χ0n) is 93.1. The van der Waals surface area contributed by atoms with E-state index in [0.717, 1.165) is 134 Å². The first-order valence-electron chi connectivity index (χ1n) is 53.0. The van der Waals surface area contributed by atoms with Crippen LogP contribution in [0.3, 0.4) is 0 Å². The lowest BCUT2D eigenvalue weighted by Gasteiger charge is -2.33.